The molecule has 0 bridgehead atoms. The van der Waals surface area contributed by atoms with Crippen molar-refractivity contribution in [1.82, 2.24) is 10.2 Å². The molecule has 5 heteroatoms. The number of carbonyl (C=O) groups excluding carboxylic acids is 2. The van der Waals surface area contributed by atoms with E-state index in [-0.39, 0.29) is 17.9 Å². The minimum Gasteiger partial charge on any atom is -0.399 e. The molecule has 1 aromatic carbocycles. The number of nitrogen functional groups attached to an aromatic ring is 1. The minimum absolute atomic E-state index is 0.0489. The van der Waals surface area contributed by atoms with E-state index in [4.69, 9.17) is 5.73 Å². The molecule has 3 N–H and O–H groups in total. The molecule has 1 heterocycles. The van der Waals surface area contributed by atoms with Crippen LogP contribution in [-0.2, 0) is 4.79 Å². The Bertz CT molecular complexity index is 534. The number of nitrogens with zero attached hydrogens (tertiary/aromatic N) is 1. The Balaban J connectivity index is 1.95. The van der Waals surface area contributed by atoms with Crippen molar-refractivity contribution in [2.24, 2.45) is 0 Å². The fourth-order valence-electron chi connectivity index (χ4n) is 2.65. The monoisotopic (exact) mass is 289 g/mol. The maximum atomic E-state index is 12.5. The lowest BCUT2D eigenvalue weighted by Gasteiger charge is -2.32. The van der Waals surface area contributed by atoms with Crippen LogP contribution in [0.2, 0.25) is 0 Å². The highest BCUT2D eigenvalue weighted by atomic mass is 16.2. The predicted molar refractivity (Wildman–Crippen MR) is 83.0 cm³/mol. The van der Waals surface area contributed by atoms with E-state index in [1.807, 2.05) is 24.8 Å². The smallest absolute Gasteiger partial charge is 0.254 e. The standard InChI is InChI=1S/C16H23N3O2/c1-3-15(20)18-13-6-8-19(9-7-13)16(21)14-5-4-12(17)10-11(14)2/h4-5,10,13H,3,6-9,17H2,1-2H3,(H,18,20). The van der Waals surface area contributed by atoms with Gasteiger partial charge in [-0.15, -0.1) is 0 Å². The molecule has 2 rings (SSSR count). The van der Waals surface area contributed by atoms with Gasteiger partial charge in [-0.1, -0.05) is 6.92 Å². The van der Waals surface area contributed by atoms with Crippen LogP contribution in [0.3, 0.4) is 0 Å². The van der Waals surface area contributed by atoms with Gasteiger partial charge >= 0.3 is 0 Å². The van der Waals surface area contributed by atoms with Crippen molar-refractivity contribution in [3.63, 3.8) is 0 Å². The zero-order chi connectivity index (χ0) is 15.4. The molecular weight excluding hydrogens is 266 g/mol. The summed E-state index contributed by atoms with van der Waals surface area (Å²) in [5.74, 6) is 0.127. The van der Waals surface area contributed by atoms with Crippen LogP contribution >= 0.6 is 0 Å². The molecule has 0 radical (unpaired) electrons. The molecule has 2 amide bonds. The summed E-state index contributed by atoms with van der Waals surface area (Å²) in [7, 11) is 0. The first kappa shape index (κ1) is 15.4. The lowest BCUT2D eigenvalue weighted by Crippen LogP contribution is -2.46. The summed E-state index contributed by atoms with van der Waals surface area (Å²) < 4.78 is 0. The Labute approximate surface area is 125 Å². The van der Waals surface area contributed by atoms with Gasteiger partial charge in [0.05, 0.1) is 0 Å². The molecule has 0 aliphatic carbocycles. The number of nitrogens with two attached hydrogens (primary N) is 1. The van der Waals surface area contributed by atoms with Crippen LogP contribution in [-0.4, -0.2) is 35.8 Å². The fourth-order valence-corrected chi connectivity index (χ4v) is 2.65. The first-order valence-corrected chi connectivity index (χ1v) is 7.46. The van der Waals surface area contributed by atoms with E-state index >= 15 is 0 Å². The molecular formula is C16H23N3O2. The number of likely N-dealkylation sites (tertiary alicyclic amines) is 1. The summed E-state index contributed by atoms with van der Waals surface area (Å²) in [6.45, 7) is 5.10. The topological polar surface area (TPSA) is 75.4 Å². The number of nitrogens with one attached hydrogen (secondary N) is 1. The van der Waals surface area contributed by atoms with Crippen LogP contribution < -0.4 is 11.1 Å². The first-order chi connectivity index (χ1) is 10.0. The highest BCUT2D eigenvalue weighted by Crippen LogP contribution is 2.18. The Kier molecular flexibility index (Phi) is 4.83. The number of hydrogen-bond acceptors (Lipinski definition) is 3. The highest BCUT2D eigenvalue weighted by molar-refractivity contribution is 5.96. The van der Waals surface area contributed by atoms with E-state index < -0.39 is 0 Å². The van der Waals surface area contributed by atoms with Crippen LogP contribution in [0.5, 0.6) is 0 Å². The lowest BCUT2D eigenvalue weighted by molar-refractivity contribution is -0.121. The Morgan fingerprint density at radius 3 is 2.57 bits per heavy atom. The third-order valence-electron chi connectivity index (χ3n) is 3.95. The van der Waals surface area contributed by atoms with Gasteiger partial charge < -0.3 is 16.0 Å². The average molecular weight is 289 g/mol. The number of piperidine rings is 1. The molecule has 1 saturated heterocycles. The van der Waals surface area contributed by atoms with Crippen molar-refractivity contribution in [1.29, 1.82) is 0 Å². The van der Waals surface area contributed by atoms with Gasteiger partial charge in [0, 0.05) is 36.8 Å². The number of amides is 2. The third-order valence-corrected chi connectivity index (χ3v) is 3.95. The average Bonchev–Trinajstić information content (AvgIpc) is 2.47. The largest absolute Gasteiger partial charge is 0.399 e. The molecule has 5 nitrogen and oxygen atoms in total. The lowest BCUT2D eigenvalue weighted by atomic mass is 10.0. The molecule has 1 fully saturated rings. The Morgan fingerprint density at radius 2 is 2.00 bits per heavy atom. The summed E-state index contributed by atoms with van der Waals surface area (Å²) in [6.07, 6.45) is 2.13. The van der Waals surface area contributed by atoms with Gasteiger partial charge in [0.25, 0.3) is 5.91 Å². The van der Waals surface area contributed by atoms with E-state index in [1.54, 1.807) is 12.1 Å². The minimum atomic E-state index is 0.0489. The van der Waals surface area contributed by atoms with Crippen molar-refractivity contribution in [2.75, 3.05) is 18.8 Å². The normalized spacial score (nSPS) is 15.8. The molecule has 0 saturated carbocycles. The predicted octanol–water partition coefficient (Wildman–Crippen LogP) is 1.71. The van der Waals surface area contributed by atoms with Gasteiger partial charge in [-0.25, -0.2) is 0 Å². The highest BCUT2D eigenvalue weighted by Gasteiger charge is 2.25. The molecule has 1 aromatic rings. The second kappa shape index (κ2) is 6.61. The molecule has 21 heavy (non-hydrogen) atoms. The summed E-state index contributed by atoms with van der Waals surface area (Å²) in [4.78, 5) is 25.8. The molecule has 0 aromatic heterocycles. The van der Waals surface area contributed by atoms with Gasteiger partial charge in [0.15, 0.2) is 0 Å². The number of benzene rings is 1. The number of carbonyl (C=O) groups is 2. The van der Waals surface area contributed by atoms with Crippen LogP contribution in [0.4, 0.5) is 5.69 Å². The number of anilines is 1. The number of hydrogen-bond donors (Lipinski definition) is 2. The van der Waals surface area contributed by atoms with Gasteiger partial charge in [-0.2, -0.15) is 0 Å². The maximum absolute atomic E-state index is 12.5. The molecule has 114 valence electrons. The van der Waals surface area contributed by atoms with E-state index in [9.17, 15) is 9.59 Å². The van der Waals surface area contributed by atoms with Crippen LogP contribution in [0.15, 0.2) is 18.2 Å². The Morgan fingerprint density at radius 1 is 1.33 bits per heavy atom. The van der Waals surface area contributed by atoms with Crippen molar-refractivity contribution in [2.45, 2.75) is 39.2 Å². The van der Waals surface area contributed by atoms with E-state index in [0.717, 1.165) is 18.4 Å². The van der Waals surface area contributed by atoms with E-state index in [2.05, 4.69) is 5.32 Å². The summed E-state index contributed by atoms with van der Waals surface area (Å²) in [5.41, 5.74) is 8.00. The first-order valence-electron chi connectivity index (χ1n) is 7.46. The Hall–Kier alpha value is -2.04. The van der Waals surface area contributed by atoms with E-state index in [1.165, 1.54) is 0 Å². The molecule has 1 aliphatic rings. The zero-order valence-corrected chi connectivity index (χ0v) is 12.7. The van der Waals surface area contributed by atoms with E-state index in [0.29, 0.717) is 30.8 Å². The van der Waals surface area contributed by atoms with Gasteiger partial charge in [-0.05, 0) is 43.5 Å². The van der Waals surface area contributed by atoms with Crippen molar-refractivity contribution >= 4 is 17.5 Å². The zero-order valence-electron chi connectivity index (χ0n) is 12.7. The second-order valence-corrected chi connectivity index (χ2v) is 5.56. The second-order valence-electron chi connectivity index (χ2n) is 5.56. The summed E-state index contributed by atoms with van der Waals surface area (Å²) >= 11 is 0. The summed E-state index contributed by atoms with van der Waals surface area (Å²) in [5, 5.41) is 2.99. The quantitative estimate of drug-likeness (QED) is 0.832. The van der Waals surface area contributed by atoms with Crippen molar-refractivity contribution < 1.29 is 9.59 Å². The van der Waals surface area contributed by atoms with Gasteiger partial charge in [0.2, 0.25) is 5.91 Å². The molecule has 0 spiro atoms. The van der Waals surface area contributed by atoms with Gasteiger partial charge in [-0.3, -0.25) is 9.59 Å². The SMILES string of the molecule is CCC(=O)NC1CCN(C(=O)c2ccc(N)cc2C)CC1. The van der Waals surface area contributed by atoms with Crippen molar-refractivity contribution in [3.05, 3.63) is 29.3 Å². The molecule has 0 unspecified atom stereocenters. The molecule has 0 atom stereocenters. The van der Waals surface area contributed by atoms with Crippen molar-refractivity contribution in [3.8, 4) is 0 Å². The fraction of sp³-hybridized carbons (Fsp3) is 0.500. The van der Waals surface area contributed by atoms with Gasteiger partial charge in [0.1, 0.15) is 0 Å². The molecule has 1 aliphatic heterocycles. The number of rotatable bonds is 3. The van der Waals surface area contributed by atoms with Crippen LogP contribution in [0, 0.1) is 6.92 Å². The number of aryl methyl sites for hydroxylation is 1. The summed E-state index contributed by atoms with van der Waals surface area (Å²) in [6, 6.07) is 5.56. The third kappa shape index (κ3) is 3.74. The van der Waals surface area contributed by atoms with Crippen LogP contribution in [0.25, 0.3) is 0 Å². The van der Waals surface area contributed by atoms with Crippen LogP contribution in [0.1, 0.15) is 42.1 Å². The maximum Gasteiger partial charge on any atom is 0.254 e.